The van der Waals surface area contributed by atoms with Crippen molar-refractivity contribution in [1.82, 2.24) is 20.6 Å². The molecule has 0 aliphatic carbocycles. The molecule has 0 fully saturated rings. The third kappa shape index (κ3) is 8.03. The fraction of sp³-hybridized carbons (Fsp3) is 0.143. The molecule has 224 valence electrons. The number of nitrogens with one attached hydrogen (secondary N) is 3. The molecule has 0 saturated carbocycles. The van der Waals surface area contributed by atoms with Gasteiger partial charge in [-0.05, 0) is 54.6 Å². The Morgan fingerprint density at radius 2 is 1.74 bits per heavy atom. The van der Waals surface area contributed by atoms with Gasteiger partial charge in [0.05, 0.1) is 35.6 Å². The number of ether oxygens (including phenoxy) is 1. The van der Waals surface area contributed by atoms with E-state index in [0.717, 1.165) is 0 Å². The molecular weight excluding hydrogens is 621 g/mol. The van der Waals surface area contributed by atoms with Gasteiger partial charge in [0.25, 0.3) is 15.9 Å². The first-order valence-corrected chi connectivity index (χ1v) is 14.7. The number of aromatic amines is 1. The van der Waals surface area contributed by atoms with Crippen LogP contribution in [0.25, 0.3) is 0 Å². The maximum absolute atomic E-state index is 13.6. The summed E-state index contributed by atoms with van der Waals surface area (Å²) >= 11 is 12.2. The number of para-hydroxylation sites is 1. The Balaban J connectivity index is 1.45. The SMILES string of the molecule is COC(=O)C(Cc1cnc[nH]1)NC(=O)CNC(=O)c1ccc(S(=O)(=O)N(Oc2ccc(Cl)cc2Cl)c2ccccc2)cc1. The zero-order valence-electron chi connectivity index (χ0n) is 22.5. The Morgan fingerprint density at radius 1 is 1.02 bits per heavy atom. The lowest BCUT2D eigenvalue weighted by molar-refractivity contribution is -0.144. The number of carbonyl (C=O) groups excluding carboxylic acids is 3. The van der Waals surface area contributed by atoms with Crippen molar-refractivity contribution in [1.29, 1.82) is 0 Å². The Bertz CT molecular complexity index is 1690. The summed E-state index contributed by atoms with van der Waals surface area (Å²) in [7, 11) is -3.13. The number of carbonyl (C=O) groups is 3. The molecule has 1 aromatic heterocycles. The van der Waals surface area contributed by atoms with Crippen molar-refractivity contribution in [3.05, 3.63) is 107 Å². The standard InChI is InChI=1S/C28H25Cl2N5O7S/c1-41-28(38)24(14-20-15-31-17-33-20)34-26(36)16-32-27(37)18-7-10-22(11-8-18)43(39,40)35(21-5-3-2-4-6-21)42-25-12-9-19(29)13-23(25)30/h2-13,15,17,24H,14,16H2,1H3,(H,31,33)(H,32,37)(H,34,36). The van der Waals surface area contributed by atoms with Crippen LogP contribution in [0.2, 0.25) is 10.0 Å². The summed E-state index contributed by atoms with van der Waals surface area (Å²) in [6, 6.07) is 16.4. The number of hydrogen-bond donors (Lipinski definition) is 3. The first-order valence-electron chi connectivity index (χ1n) is 12.5. The molecule has 0 radical (unpaired) electrons. The lowest BCUT2D eigenvalue weighted by Crippen LogP contribution is -2.47. The second-order valence-corrected chi connectivity index (χ2v) is 11.5. The summed E-state index contributed by atoms with van der Waals surface area (Å²) in [6.07, 6.45) is 3.05. The van der Waals surface area contributed by atoms with Gasteiger partial charge in [0, 0.05) is 28.9 Å². The molecule has 1 unspecified atom stereocenters. The van der Waals surface area contributed by atoms with E-state index in [1.165, 1.54) is 74.2 Å². The van der Waals surface area contributed by atoms with Gasteiger partial charge in [0.15, 0.2) is 5.75 Å². The second-order valence-electron chi connectivity index (χ2n) is 8.87. The topological polar surface area (TPSA) is 160 Å². The summed E-state index contributed by atoms with van der Waals surface area (Å²) < 4.78 is 32.7. The molecule has 2 amide bonds. The van der Waals surface area contributed by atoms with Gasteiger partial charge in [-0.2, -0.15) is 8.42 Å². The zero-order chi connectivity index (χ0) is 31.0. The first kappa shape index (κ1) is 31.3. The van der Waals surface area contributed by atoms with E-state index in [0.29, 0.717) is 15.2 Å². The Hall–Kier alpha value is -4.59. The smallest absolute Gasteiger partial charge is 0.328 e. The molecule has 0 aliphatic rings. The van der Waals surface area contributed by atoms with E-state index < -0.39 is 40.4 Å². The predicted octanol–water partition coefficient (Wildman–Crippen LogP) is 3.54. The van der Waals surface area contributed by atoms with Gasteiger partial charge < -0.3 is 25.2 Å². The molecule has 0 bridgehead atoms. The number of benzene rings is 3. The lowest BCUT2D eigenvalue weighted by Gasteiger charge is -2.24. The Morgan fingerprint density at radius 3 is 2.37 bits per heavy atom. The van der Waals surface area contributed by atoms with Crippen molar-refractivity contribution >= 4 is 56.7 Å². The van der Waals surface area contributed by atoms with Crippen LogP contribution in [0.5, 0.6) is 5.75 Å². The van der Waals surface area contributed by atoms with Gasteiger partial charge in [-0.25, -0.2) is 9.78 Å². The maximum atomic E-state index is 13.6. The number of anilines is 1. The van der Waals surface area contributed by atoms with Crippen molar-refractivity contribution < 1.29 is 32.4 Å². The summed E-state index contributed by atoms with van der Waals surface area (Å²) in [5.41, 5.74) is 0.878. The molecule has 0 spiro atoms. The highest BCUT2D eigenvalue weighted by Gasteiger charge is 2.29. The predicted molar refractivity (Wildman–Crippen MR) is 158 cm³/mol. The number of nitrogens with zero attached hydrogens (tertiary/aromatic N) is 2. The molecular formula is C28H25Cl2N5O7S. The van der Waals surface area contributed by atoms with Gasteiger partial charge in [-0.15, -0.1) is 0 Å². The summed E-state index contributed by atoms with van der Waals surface area (Å²) in [4.78, 5) is 49.5. The maximum Gasteiger partial charge on any atom is 0.328 e. The zero-order valence-corrected chi connectivity index (χ0v) is 24.8. The normalized spacial score (nSPS) is 11.7. The minimum absolute atomic E-state index is 0.0479. The van der Waals surface area contributed by atoms with E-state index in [1.807, 2.05) is 0 Å². The number of H-pyrrole nitrogens is 1. The second kappa shape index (κ2) is 14.1. The van der Waals surface area contributed by atoms with Crippen LogP contribution in [0.15, 0.2) is 90.2 Å². The number of hydrogen-bond acceptors (Lipinski definition) is 8. The number of rotatable bonds is 12. The largest absolute Gasteiger partial charge is 0.467 e. The van der Waals surface area contributed by atoms with E-state index in [9.17, 15) is 22.8 Å². The molecule has 15 heteroatoms. The number of amides is 2. The Kier molecular flexibility index (Phi) is 10.2. The summed E-state index contributed by atoms with van der Waals surface area (Å²) in [5, 5.41) is 5.38. The quantitative estimate of drug-likeness (QED) is 0.156. The van der Waals surface area contributed by atoms with Gasteiger partial charge in [0.2, 0.25) is 5.91 Å². The molecule has 43 heavy (non-hydrogen) atoms. The van der Waals surface area contributed by atoms with E-state index >= 15 is 0 Å². The van der Waals surface area contributed by atoms with Gasteiger partial charge in [-0.3, -0.25) is 9.59 Å². The molecule has 4 rings (SSSR count). The molecule has 3 aromatic carbocycles. The highest BCUT2D eigenvalue weighted by Crippen LogP contribution is 2.32. The van der Waals surface area contributed by atoms with Gasteiger partial charge in [0.1, 0.15) is 6.04 Å². The van der Waals surface area contributed by atoms with Crippen LogP contribution in [0.1, 0.15) is 16.1 Å². The van der Waals surface area contributed by atoms with E-state index in [-0.39, 0.29) is 33.3 Å². The summed E-state index contributed by atoms with van der Waals surface area (Å²) in [6.45, 7) is -0.452. The number of aromatic nitrogens is 2. The van der Waals surface area contributed by atoms with Crippen LogP contribution in [0.3, 0.4) is 0 Å². The minimum atomic E-state index is -4.32. The number of halogens is 2. The molecule has 0 saturated heterocycles. The van der Waals surface area contributed by atoms with E-state index in [2.05, 4.69) is 20.6 Å². The highest BCUT2D eigenvalue weighted by molar-refractivity contribution is 7.92. The molecule has 1 atom stereocenters. The van der Waals surface area contributed by atoms with Crippen LogP contribution < -0.4 is 19.9 Å². The van der Waals surface area contributed by atoms with Crippen LogP contribution in [-0.4, -0.2) is 55.9 Å². The summed E-state index contributed by atoms with van der Waals surface area (Å²) in [5.74, 6) is -1.91. The van der Waals surface area contributed by atoms with Crippen molar-refractivity contribution in [3.8, 4) is 5.75 Å². The van der Waals surface area contributed by atoms with Crippen LogP contribution in [0, 0.1) is 0 Å². The van der Waals surface area contributed by atoms with Gasteiger partial charge >= 0.3 is 5.97 Å². The number of imidazole rings is 1. The third-order valence-corrected chi connectivity index (χ3v) is 8.00. The average molecular weight is 647 g/mol. The number of esters is 1. The molecule has 1 heterocycles. The van der Waals surface area contributed by atoms with Crippen molar-refractivity contribution in [2.75, 3.05) is 18.1 Å². The van der Waals surface area contributed by atoms with E-state index in [1.54, 1.807) is 18.2 Å². The fourth-order valence-electron chi connectivity index (χ4n) is 3.76. The first-order chi connectivity index (χ1) is 20.6. The molecule has 0 aliphatic heterocycles. The van der Waals surface area contributed by atoms with Crippen molar-refractivity contribution in [3.63, 3.8) is 0 Å². The molecule has 3 N–H and O–H groups in total. The minimum Gasteiger partial charge on any atom is -0.467 e. The Labute approximate surface area is 256 Å². The monoisotopic (exact) mass is 645 g/mol. The van der Waals surface area contributed by atoms with E-state index in [4.69, 9.17) is 32.8 Å². The van der Waals surface area contributed by atoms with Crippen molar-refractivity contribution in [2.45, 2.75) is 17.4 Å². The average Bonchev–Trinajstić information content (AvgIpc) is 3.52. The third-order valence-electron chi connectivity index (χ3n) is 5.88. The van der Waals surface area contributed by atoms with Crippen LogP contribution >= 0.6 is 23.2 Å². The highest BCUT2D eigenvalue weighted by atomic mass is 35.5. The number of sulfonamides is 1. The number of methoxy groups -OCH3 is 1. The van der Waals surface area contributed by atoms with Crippen LogP contribution in [0.4, 0.5) is 5.69 Å². The van der Waals surface area contributed by atoms with Gasteiger partial charge in [-0.1, -0.05) is 45.9 Å². The molecule has 4 aromatic rings. The lowest BCUT2D eigenvalue weighted by atomic mass is 10.1. The van der Waals surface area contributed by atoms with Crippen molar-refractivity contribution in [2.24, 2.45) is 0 Å². The van der Waals surface area contributed by atoms with Crippen LogP contribution in [-0.2, 0) is 30.8 Å². The fourth-order valence-corrected chi connectivity index (χ4v) is 5.45. The molecule has 12 nitrogen and oxygen atoms in total.